The fourth-order valence-electron chi connectivity index (χ4n) is 4.48. The quantitative estimate of drug-likeness (QED) is 0.284. The lowest BCUT2D eigenvalue weighted by Crippen LogP contribution is -2.25. The number of rotatable bonds is 8. The summed E-state index contributed by atoms with van der Waals surface area (Å²) in [5.41, 5.74) is 1.41. The van der Waals surface area contributed by atoms with Crippen LogP contribution in [0.3, 0.4) is 0 Å². The summed E-state index contributed by atoms with van der Waals surface area (Å²) in [6.45, 7) is -0.108. The molecule has 8 nitrogen and oxygen atoms in total. The molecular weight excluding hydrogens is 528 g/mol. The highest BCUT2D eigenvalue weighted by atomic mass is 32.2. The molecule has 0 bridgehead atoms. The molecule has 0 saturated heterocycles. The number of methoxy groups -OCH3 is 1. The monoisotopic (exact) mass is 553 g/mol. The maximum atomic E-state index is 14.5. The van der Waals surface area contributed by atoms with E-state index >= 15 is 0 Å². The van der Waals surface area contributed by atoms with Crippen molar-refractivity contribution in [2.24, 2.45) is 0 Å². The van der Waals surface area contributed by atoms with E-state index in [0.717, 1.165) is 34.3 Å². The molecule has 202 valence electrons. The van der Waals surface area contributed by atoms with Crippen molar-refractivity contribution >= 4 is 37.4 Å². The van der Waals surface area contributed by atoms with Crippen LogP contribution in [0.5, 0.6) is 17.4 Å². The molecular formula is C28H25F2N3O5S. The predicted molar refractivity (Wildman–Crippen MR) is 145 cm³/mol. The average molecular weight is 554 g/mol. The third kappa shape index (κ3) is 4.92. The van der Waals surface area contributed by atoms with Crippen LogP contribution in [0.1, 0.15) is 11.1 Å². The fourth-order valence-corrected chi connectivity index (χ4v) is 5.01. The first-order chi connectivity index (χ1) is 18.6. The summed E-state index contributed by atoms with van der Waals surface area (Å²) in [7, 11) is -0.770. The number of ether oxygens (including phenoxy) is 2. The molecule has 0 aliphatic rings. The van der Waals surface area contributed by atoms with Crippen molar-refractivity contribution in [1.82, 2.24) is 9.55 Å². The average Bonchev–Trinajstić information content (AvgIpc) is 3.23. The van der Waals surface area contributed by atoms with Gasteiger partial charge in [0.2, 0.25) is 15.9 Å². The number of benzene rings is 3. The van der Waals surface area contributed by atoms with Crippen LogP contribution in [0.15, 0.2) is 67.0 Å². The van der Waals surface area contributed by atoms with Crippen LogP contribution in [-0.2, 0) is 23.2 Å². The van der Waals surface area contributed by atoms with Crippen LogP contribution in [0.2, 0.25) is 0 Å². The number of halogens is 2. The van der Waals surface area contributed by atoms with Crippen molar-refractivity contribution in [2.45, 2.75) is 13.2 Å². The Labute approximate surface area is 223 Å². The lowest BCUT2D eigenvalue weighted by molar-refractivity contribution is 0.311. The van der Waals surface area contributed by atoms with Gasteiger partial charge >= 0.3 is 0 Å². The van der Waals surface area contributed by atoms with Crippen LogP contribution >= 0.6 is 0 Å². The van der Waals surface area contributed by atoms with E-state index in [1.54, 1.807) is 31.4 Å². The number of aromatic hydroxyl groups is 1. The van der Waals surface area contributed by atoms with Gasteiger partial charge in [-0.1, -0.05) is 12.1 Å². The van der Waals surface area contributed by atoms with E-state index < -0.39 is 21.7 Å². The third-order valence-electron chi connectivity index (χ3n) is 6.51. The van der Waals surface area contributed by atoms with E-state index in [2.05, 4.69) is 4.98 Å². The van der Waals surface area contributed by atoms with Crippen molar-refractivity contribution in [3.05, 3.63) is 89.8 Å². The van der Waals surface area contributed by atoms with E-state index in [4.69, 9.17) is 9.47 Å². The molecule has 0 aliphatic carbocycles. The normalized spacial score (nSPS) is 11.7. The van der Waals surface area contributed by atoms with E-state index in [9.17, 15) is 22.3 Å². The zero-order valence-electron chi connectivity index (χ0n) is 21.4. The molecule has 0 aliphatic heterocycles. The topological polar surface area (TPSA) is 93.9 Å². The molecule has 0 unspecified atom stereocenters. The molecule has 0 spiro atoms. The largest absolute Gasteiger partial charge is 0.497 e. The molecule has 0 fully saturated rings. The standard InChI is InChI=1S/C28H25F2N3O5S/c1-32(39(3,35)36)26-21-5-4-12-31-25(21)27(38-16-17-6-9-20(37-2)10-7-17)24-22(26)15-33(28(24)34)14-18-13-19(29)8-11-23(18)30/h4-13,15,34H,14,16H2,1-3H3. The second kappa shape index (κ2) is 10.1. The van der Waals surface area contributed by atoms with E-state index in [1.165, 1.54) is 24.0 Å². The second-order valence-electron chi connectivity index (χ2n) is 9.05. The molecule has 2 heterocycles. The molecule has 0 radical (unpaired) electrons. The molecule has 0 atom stereocenters. The molecule has 11 heteroatoms. The Balaban J connectivity index is 1.74. The number of pyridine rings is 1. The Kier molecular flexibility index (Phi) is 6.77. The first kappa shape index (κ1) is 26.2. The van der Waals surface area contributed by atoms with Gasteiger partial charge in [0.1, 0.15) is 29.5 Å². The van der Waals surface area contributed by atoms with Crippen molar-refractivity contribution in [1.29, 1.82) is 0 Å². The zero-order valence-corrected chi connectivity index (χ0v) is 22.2. The highest BCUT2D eigenvalue weighted by Crippen LogP contribution is 2.47. The van der Waals surface area contributed by atoms with Crippen LogP contribution in [0.25, 0.3) is 21.7 Å². The van der Waals surface area contributed by atoms with Gasteiger partial charge in [-0.15, -0.1) is 0 Å². The number of aromatic nitrogens is 2. The zero-order chi connectivity index (χ0) is 27.9. The molecule has 0 saturated carbocycles. The lowest BCUT2D eigenvalue weighted by Gasteiger charge is -2.21. The minimum absolute atomic E-state index is 0.00649. The summed E-state index contributed by atoms with van der Waals surface area (Å²) in [6, 6.07) is 13.7. The van der Waals surface area contributed by atoms with Gasteiger partial charge in [-0.2, -0.15) is 0 Å². The smallest absolute Gasteiger partial charge is 0.232 e. The molecule has 5 aromatic rings. The minimum Gasteiger partial charge on any atom is -0.497 e. The second-order valence-corrected chi connectivity index (χ2v) is 11.1. The van der Waals surface area contributed by atoms with Gasteiger partial charge < -0.3 is 19.1 Å². The van der Waals surface area contributed by atoms with Crippen LogP contribution in [0.4, 0.5) is 14.5 Å². The summed E-state index contributed by atoms with van der Waals surface area (Å²) >= 11 is 0. The number of sulfonamides is 1. The Morgan fingerprint density at radius 2 is 1.82 bits per heavy atom. The highest BCUT2D eigenvalue weighted by Gasteiger charge is 2.27. The SMILES string of the molecule is COc1ccc(COc2c3ncccc3c(N(C)S(C)(=O)=O)c3cn(Cc4cc(F)ccc4F)c(O)c23)cc1. The van der Waals surface area contributed by atoms with Gasteiger partial charge in [0.25, 0.3) is 0 Å². The predicted octanol–water partition coefficient (Wildman–Crippen LogP) is 5.21. The summed E-state index contributed by atoms with van der Waals surface area (Å²) in [4.78, 5) is 4.46. The summed E-state index contributed by atoms with van der Waals surface area (Å²) in [5.74, 6) is -0.684. The van der Waals surface area contributed by atoms with Gasteiger partial charge in [0.05, 0.1) is 31.0 Å². The third-order valence-corrected chi connectivity index (χ3v) is 7.69. The number of anilines is 1. The summed E-state index contributed by atoms with van der Waals surface area (Å²) < 4.78 is 67.5. The van der Waals surface area contributed by atoms with Crippen molar-refractivity contribution in [2.75, 3.05) is 24.7 Å². The van der Waals surface area contributed by atoms with Gasteiger partial charge in [0, 0.05) is 35.8 Å². The maximum Gasteiger partial charge on any atom is 0.232 e. The summed E-state index contributed by atoms with van der Waals surface area (Å²) in [6.07, 6.45) is 4.10. The van der Waals surface area contributed by atoms with E-state index in [1.807, 2.05) is 12.1 Å². The van der Waals surface area contributed by atoms with Crippen molar-refractivity contribution < 1.29 is 31.8 Å². The fraction of sp³-hybridized carbons (Fsp3) is 0.179. The molecule has 3 aromatic carbocycles. The first-order valence-corrected chi connectivity index (χ1v) is 13.7. The molecule has 1 N–H and O–H groups in total. The number of hydrogen-bond acceptors (Lipinski definition) is 6. The Morgan fingerprint density at radius 3 is 2.51 bits per heavy atom. The Hall–Kier alpha value is -4.38. The van der Waals surface area contributed by atoms with Crippen LogP contribution in [0, 0.1) is 11.6 Å². The van der Waals surface area contributed by atoms with E-state index in [0.29, 0.717) is 22.0 Å². The van der Waals surface area contributed by atoms with Crippen LogP contribution in [-0.4, -0.2) is 43.5 Å². The Morgan fingerprint density at radius 1 is 1.08 bits per heavy atom. The molecule has 2 aromatic heterocycles. The lowest BCUT2D eigenvalue weighted by atomic mass is 10.1. The maximum absolute atomic E-state index is 14.5. The number of nitrogens with zero attached hydrogens (tertiary/aromatic N) is 3. The van der Waals surface area contributed by atoms with Crippen LogP contribution < -0.4 is 13.8 Å². The van der Waals surface area contributed by atoms with Crippen molar-refractivity contribution in [3.8, 4) is 17.4 Å². The number of hydrogen-bond donors (Lipinski definition) is 1. The molecule has 0 amide bonds. The molecule has 5 rings (SSSR count). The number of fused-ring (bicyclic) bond motifs is 2. The van der Waals surface area contributed by atoms with Gasteiger partial charge in [-0.05, 0) is 48.0 Å². The van der Waals surface area contributed by atoms with Gasteiger partial charge in [-0.25, -0.2) is 17.2 Å². The summed E-state index contributed by atoms with van der Waals surface area (Å²) in [5, 5.41) is 12.4. The Bertz CT molecular complexity index is 1800. The highest BCUT2D eigenvalue weighted by molar-refractivity contribution is 7.92. The van der Waals surface area contributed by atoms with Gasteiger partial charge in [0.15, 0.2) is 5.75 Å². The van der Waals surface area contributed by atoms with Crippen molar-refractivity contribution in [3.63, 3.8) is 0 Å². The van der Waals surface area contributed by atoms with Gasteiger partial charge in [-0.3, -0.25) is 9.29 Å². The minimum atomic E-state index is -3.74. The first-order valence-electron chi connectivity index (χ1n) is 11.8. The molecule has 39 heavy (non-hydrogen) atoms. The van der Waals surface area contributed by atoms with E-state index in [-0.39, 0.29) is 41.4 Å².